The topological polar surface area (TPSA) is 107 Å². The van der Waals surface area contributed by atoms with Gasteiger partial charge in [-0.3, -0.25) is 0 Å². The largest absolute Gasteiger partial charge is 0.479 e. The summed E-state index contributed by atoms with van der Waals surface area (Å²) in [6.07, 6.45) is -5.21. The first-order valence-electron chi connectivity index (χ1n) is 3.53. The Morgan fingerprint density at radius 3 is 2.33 bits per heavy atom. The Balaban J connectivity index is 3.31. The van der Waals surface area contributed by atoms with Crippen LogP contribution < -0.4 is 5.73 Å². The molecule has 0 saturated heterocycles. The number of aliphatic carboxylic acids is 1. The Bertz CT molecular complexity index is 388. The smallest absolute Gasteiger partial charge is 0.424 e. The molecule has 0 amide bonds. The first-order chi connectivity index (χ1) is 6.69. The van der Waals surface area contributed by atoms with Crippen LogP contribution in [0, 0.1) is 0 Å². The first-order valence-corrected chi connectivity index (χ1v) is 3.53. The van der Waals surface area contributed by atoms with Crippen LogP contribution in [0.3, 0.4) is 0 Å². The summed E-state index contributed by atoms with van der Waals surface area (Å²) in [5.41, 5.74) is 1.11. The van der Waals surface area contributed by atoms with Gasteiger partial charge in [-0.2, -0.15) is 18.0 Å². The van der Waals surface area contributed by atoms with E-state index in [0.29, 0.717) is 4.80 Å². The van der Waals surface area contributed by atoms with E-state index in [-0.39, 0.29) is 0 Å². The molecule has 3 N–H and O–H groups in total. The van der Waals surface area contributed by atoms with Crippen LogP contribution in [0.5, 0.6) is 0 Å². The average Bonchev–Trinajstić information content (AvgIpc) is 2.48. The van der Waals surface area contributed by atoms with Crippen LogP contribution in [0.4, 0.5) is 13.2 Å². The van der Waals surface area contributed by atoms with Crippen LogP contribution in [0.25, 0.3) is 0 Å². The maximum Gasteiger partial charge on any atom is 0.424 e. The minimum absolute atomic E-state index is 0.686. The number of aryl methyl sites for hydroxylation is 1. The molecular formula is C5H6F3N5O2. The molecule has 15 heavy (non-hydrogen) atoms. The van der Waals surface area contributed by atoms with Crippen LogP contribution in [0.15, 0.2) is 0 Å². The van der Waals surface area contributed by atoms with E-state index in [1.54, 1.807) is 0 Å². The molecule has 84 valence electrons. The number of nitrogens with two attached hydrogens (primary N) is 1. The van der Waals surface area contributed by atoms with Crippen molar-refractivity contribution in [1.29, 1.82) is 0 Å². The number of aromatic nitrogens is 4. The van der Waals surface area contributed by atoms with Crippen molar-refractivity contribution in [2.24, 2.45) is 12.8 Å². The molecule has 1 unspecified atom stereocenters. The van der Waals surface area contributed by atoms with E-state index in [1.165, 1.54) is 7.05 Å². The van der Waals surface area contributed by atoms with Crippen molar-refractivity contribution in [3.63, 3.8) is 0 Å². The quantitative estimate of drug-likeness (QED) is 0.669. The molecule has 0 bridgehead atoms. The molecule has 1 atom stereocenters. The first kappa shape index (κ1) is 11.4. The number of alkyl halides is 3. The molecule has 1 aromatic heterocycles. The lowest BCUT2D eigenvalue weighted by molar-refractivity contribution is -0.206. The molecule has 0 radical (unpaired) electrons. The third-order valence-corrected chi connectivity index (χ3v) is 1.65. The Kier molecular flexibility index (Phi) is 2.39. The lowest BCUT2D eigenvalue weighted by Crippen LogP contribution is -2.57. The Morgan fingerprint density at radius 2 is 2.07 bits per heavy atom. The van der Waals surface area contributed by atoms with Gasteiger partial charge in [-0.05, 0) is 5.21 Å². The predicted octanol–water partition coefficient (Wildman–Crippen LogP) is -0.989. The third-order valence-electron chi connectivity index (χ3n) is 1.65. The van der Waals surface area contributed by atoms with Crippen molar-refractivity contribution in [2.75, 3.05) is 0 Å². The normalized spacial score (nSPS) is 16.1. The molecule has 1 heterocycles. The molecular weight excluding hydrogens is 219 g/mol. The van der Waals surface area contributed by atoms with Gasteiger partial charge in [0.2, 0.25) is 5.82 Å². The maximum absolute atomic E-state index is 12.4. The van der Waals surface area contributed by atoms with Gasteiger partial charge in [-0.25, -0.2) is 4.79 Å². The SMILES string of the molecule is Cn1nnc(C(N)(C(=O)O)C(F)(F)F)n1. The number of carboxylic acid groups (broad SMARTS) is 1. The Labute approximate surface area is 80.7 Å². The second kappa shape index (κ2) is 3.15. The van der Waals surface area contributed by atoms with Gasteiger partial charge >= 0.3 is 12.1 Å². The van der Waals surface area contributed by atoms with Gasteiger partial charge in [0, 0.05) is 0 Å². The van der Waals surface area contributed by atoms with Crippen LogP contribution >= 0.6 is 0 Å². The second-order valence-electron chi connectivity index (χ2n) is 2.71. The van der Waals surface area contributed by atoms with Crippen molar-refractivity contribution in [1.82, 2.24) is 20.2 Å². The molecule has 0 fully saturated rings. The lowest BCUT2D eigenvalue weighted by Gasteiger charge is -2.23. The van der Waals surface area contributed by atoms with Gasteiger partial charge in [0.25, 0.3) is 5.54 Å². The van der Waals surface area contributed by atoms with Crippen LogP contribution in [-0.4, -0.2) is 37.5 Å². The molecule has 0 aliphatic heterocycles. The summed E-state index contributed by atoms with van der Waals surface area (Å²) in [5.74, 6) is -3.40. The van der Waals surface area contributed by atoms with Crippen molar-refractivity contribution in [3.05, 3.63) is 5.82 Å². The highest BCUT2D eigenvalue weighted by molar-refractivity contribution is 5.80. The molecule has 1 aromatic rings. The molecule has 0 spiro atoms. The van der Waals surface area contributed by atoms with Gasteiger partial charge in [0.05, 0.1) is 7.05 Å². The molecule has 0 aliphatic carbocycles. The summed E-state index contributed by atoms with van der Waals surface area (Å²) in [5, 5.41) is 17.7. The van der Waals surface area contributed by atoms with Gasteiger partial charge < -0.3 is 10.8 Å². The number of hydrogen-bond donors (Lipinski definition) is 2. The summed E-state index contributed by atoms with van der Waals surface area (Å²) in [4.78, 5) is 11.2. The van der Waals surface area contributed by atoms with Gasteiger partial charge in [-0.15, -0.1) is 10.2 Å². The van der Waals surface area contributed by atoms with Gasteiger partial charge in [0.15, 0.2) is 0 Å². The lowest BCUT2D eigenvalue weighted by atomic mass is 10.00. The summed E-state index contributed by atoms with van der Waals surface area (Å²) in [7, 11) is 1.19. The van der Waals surface area contributed by atoms with Gasteiger partial charge in [-0.1, -0.05) is 0 Å². The highest BCUT2D eigenvalue weighted by Gasteiger charge is 2.62. The number of nitrogens with zero attached hydrogens (tertiary/aromatic N) is 4. The standard InChI is InChI=1S/C5H6F3N5O2/c1-13-11-2(10-12-13)4(9,3(14)15)5(6,7)8/h9H2,1H3,(H,14,15). The fourth-order valence-electron chi connectivity index (χ4n) is 0.786. The molecule has 0 aliphatic rings. The number of halogens is 3. The number of tetrazole rings is 1. The Hall–Kier alpha value is -1.71. The van der Waals surface area contributed by atoms with Crippen molar-refractivity contribution in [2.45, 2.75) is 11.7 Å². The van der Waals surface area contributed by atoms with Gasteiger partial charge in [0.1, 0.15) is 0 Å². The molecule has 1 rings (SSSR count). The Morgan fingerprint density at radius 1 is 1.53 bits per heavy atom. The summed E-state index contributed by atoms with van der Waals surface area (Å²) in [6, 6.07) is 0. The van der Waals surface area contributed by atoms with E-state index in [9.17, 15) is 18.0 Å². The van der Waals surface area contributed by atoms with E-state index in [2.05, 4.69) is 15.4 Å². The summed E-state index contributed by atoms with van der Waals surface area (Å²) < 4.78 is 37.3. The monoisotopic (exact) mass is 225 g/mol. The number of carbonyl (C=O) groups is 1. The zero-order valence-electron chi connectivity index (χ0n) is 7.36. The summed E-state index contributed by atoms with van der Waals surface area (Å²) >= 11 is 0. The van der Waals surface area contributed by atoms with Crippen molar-refractivity contribution < 1.29 is 23.1 Å². The fraction of sp³-hybridized carbons (Fsp3) is 0.600. The van der Waals surface area contributed by atoms with E-state index in [1.807, 2.05) is 0 Å². The molecule has 0 aromatic carbocycles. The van der Waals surface area contributed by atoms with E-state index in [4.69, 9.17) is 10.8 Å². The minimum Gasteiger partial charge on any atom is -0.479 e. The van der Waals surface area contributed by atoms with Crippen molar-refractivity contribution in [3.8, 4) is 0 Å². The maximum atomic E-state index is 12.4. The molecule has 0 saturated carbocycles. The minimum atomic E-state index is -5.21. The highest BCUT2D eigenvalue weighted by Crippen LogP contribution is 2.34. The van der Waals surface area contributed by atoms with Crippen molar-refractivity contribution >= 4 is 5.97 Å². The fourth-order valence-corrected chi connectivity index (χ4v) is 0.786. The van der Waals surface area contributed by atoms with Crippen LogP contribution in [-0.2, 0) is 17.4 Å². The van der Waals surface area contributed by atoms with E-state index < -0.39 is 23.5 Å². The predicted molar refractivity (Wildman–Crippen MR) is 38.4 cm³/mol. The van der Waals surface area contributed by atoms with Crippen LogP contribution in [0.2, 0.25) is 0 Å². The third kappa shape index (κ3) is 1.63. The highest BCUT2D eigenvalue weighted by atomic mass is 19.4. The molecule has 10 heteroatoms. The van der Waals surface area contributed by atoms with E-state index in [0.717, 1.165) is 0 Å². The zero-order valence-corrected chi connectivity index (χ0v) is 7.36. The van der Waals surface area contributed by atoms with E-state index >= 15 is 0 Å². The number of hydrogen-bond acceptors (Lipinski definition) is 5. The number of carboxylic acids is 1. The van der Waals surface area contributed by atoms with Crippen LogP contribution in [0.1, 0.15) is 5.82 Å². The zero-order chi connectivity index (χ0) is 11.9. The summed E-state index contributed by atoms with van der Waals surface area (Å²) in [6.45, 7) is 0. The second-order valence-corrected chi connectivity index (χ2v) is 2.71. The average molecular weight is 225 g/mol. The molecule has 7 nitrogen and oxygen atoms in total. The number of rotatable bonds is 2.